The molecule has 0 spiro atoms. The summed E-state index contributed by atoms with van der Waals surface area (Å²) in [5.41, 5.74) is 2.38. The van der Waals surface area contributed by atoms with E-state index in [9.17, 15) is 4.79 Å². The Kier molecular flexibility index (Phi) is 5.65. The van der Waals surface area contributed by atoms with Crippen LogP contribution in [0.1, 0.15) is 15.9 Å². The number of carbonyl (C=O) groups excluding carboxylic acids is 1. The molecule has 4 nitrogen and oxygen atoms in total. The van der Waals surface area contributed by atoms with Gasteiger partial charge in [-0.2, -0.15) is 0 Å². The second-order valence-electron chi connectivity index (χ2n) is 5.50. The average Bonchev–Trinajstić information content (AvgIpc) is 2.65. The first kappa shape index (κ1) is 17.0. The molecular formula is C20H18ClN3O. The van der Waals surface area contributed by atoms with Crippen molar-refractivity contribution in [2.45, 2.75) is 6.42 Å². The Hall–Kier alpha value is -2.85. The van der Waals surface area contributed by atoms with Gasteiger partial charge in [0.1, 0.15) is 5.82 Å². The van der Waals surface area contributed by atoms with E-state index in [2.05, 4.69) is 15.6 Å². The summed E-state index contributed by atoms with van der Waals surface area (Å²) in [7, 11) is 0. The number of aromatic nitrogens is 1. The molecule has 0 aliphatic rings. The first-order valence-electron chi connectivity index (χ1n) is 8.03. The second kappa shape index (κ2) is 8.31. The summed E-state index contributed by atoms with van der Waals surface area (Å²) in [4.78, 5) is 16.8. The molecule has 1 amide bonds. The van der Waals surface area contributed by atoms with Gasteiger partial charge in [0.25, 0.3) is 5.91 Å². The number of hydrogen-bond acceptors (Lipinski definition) is 3. The fourth-order valence-corrected chi connectivity index (χ4v) is 2.62. The minimum Gasteiger partial charge on any atom is -0.352 e. The number of nitrogens with zero attached hydrogens (tertiary/aromatic N) is 1. The van der Waals surface area contributed by atoms with E-state index < -0.39 is 0 Å². The number of anilines is 2. The maximum Gasteiger partial charge on any atom is 0.255 e. The van der Waals surface area contributed by atoms with Crippen LogP contribution in [0.3, 0.4) is 0 Å². The molecule has 0 saturated carbocycles. The fraction of sp³-hybridized carbons (Fsp3) is 0.100. The molecule has 126 valence electrons. The van der Waals surface area contributed by atoms with Crippen molar-refractivity contribution in [3.05, 3.63) is 89.1 Å². The number of para-hydroxylation sites is 1. The molecule has 0 fully saturated rings. The highest BCUT2D eigenvalue weighted by Crippen LogP contribution is 2.25. The molecule has 3 rings (SSSR count). The molecule has 0 atom stereocenters. The van der Waals surface area contributed by atoms with Crippen molar-refractivity contribution in [2.24, 2.45) is 0 Å². The molecule has 0 unspecified atom stereocenters. The lowest BCUT2D eigenvalue weighted by Crippen LogP contribution is -2.26. The normalized spacial score (nSPS) is 10.3. The van der Waals surface area contributed by atoms with E-state index in [4.69, 9.17) is 11.6 Å². The Balaban J connectivity index is 1.67. The molecule has 0 aliphatic carbocycles. The highest BCUT2D eigenvalue weighted by molar-refractivity contribution is 6.33. The third-order valence-electron chi connectivity index (χ3n) is 3.72. The number of nitrogens with one attached hydrogen (secondary N) is 2. The first-order chi connectivity index (χ1) is 12.2. The van der Waals surface area contributed by atoms with Gasteiger partial charge in [0.15, 0.2) is 0 Å². The van der Waals surface area contributed by atoms with Gasteiger partial charge >= 0.3 is 0 Å². The maximum absolute atomic E-state index is 12.5. The summed E-state index contributed by atoms with van der Waals surface area (Å²) in [6.07, 6.45) is 2.42. The number of hydrogen-bond donors (Lipinski definition) is 2. The Morgan fingerprint density at radius 3 is 2.52 bits per heavy atom. The van der Waals surface area contributed by atoms with Crippen molar-refractivity contribution in [3.63, 3.8) is 0 Å². The van der Waals surface area contributed by atoms with E-state index in [1.807, 2.05) is 48.5 Å². The summed E-state index contributed by atoms with van der Waals surface area (Å²) in [5.74, 6) is 0.311. The third kappa shape index (κ3) is 4.58. The van der Waals surface area contributed by atoms with Gasteiger partial charge in [0.2, 0.25) is 0 Å². The standard InChI is InChI=1S/C20H18ClN3O/c21-17-10-4-5-11-18(17)24-19-16(9-6-13-22-19)20(25)23-14-12-15-7-2-1-3-8-15/h1-11,13H,12,14H2,(H,22,24)(H,23,25). The predicted octanol–water partition coefficient (Wildman–Crippen LogP) is 4.45. The van der Waals surface area contributed by atoms with E-state index >= 15 is 0 Å². The van der Waals surface area contributed by atoms with Crippen molar-refractivity contribution in [1.82, 2.24) is 10.3 Å². The predicted molar refractivity (Wildman–Crippen MR) is 101 cm³/mol. The van der Waals surface area contributed by atoms with Gasteiger partial charge in [-0.05, 0) is 36.2 Å². The Labute approximate surface area is 151 Å². The molecule has 2 N–H and O–H groups in total. The average molecular weight is 352 g/mol. The topological polar surface area (TPSA) is 54.0 Å². The van der Waals surface area contributed by atoms with E-state index in [1.54, 1.807) is 24.4 Å². The van der Waals surface area contributed by atoms with Crippen LogP contribution in [0.5, 0.6) is 0 Å². The first-order valence-corrected chi connectivity index (χ1v) is 8.40. The lowest BCUT2D eigenvalue weighted by Gasteiger charge is -2.12. The highest BCUT2D eigenvalue weighted by atomic mass is 35.5. The zero-order valence-electron chi connectivity index (χ0n) is 13.6. The van der Waals surface area contributed by atoms with Gasteiger partial charge in [-0.15, -0.1) is 0 Å². The van der Waals surface area contributed by atoms with E-state index in [0.717, 1.165) is 6.42 Å². The monoisotopic (exact) mass is 351 g/mol. The van der Waals surface area contributed by atoms with Crippen LogP contribution < -0.4 is 10.6 Å². The molecule has 0 bridgehead atoms. The zero-order chi connectivity index (χ0) is 17.5. The van der Waals surface area contributed by atoms with Gasteiger partial charge < -0.3 is 10.6 Å². The molecule has 0 radical (unpaired) electrons. The quantitative estimate of drug-likeness (QED) is 0.689. The highest BCUT2D eigenvalue weighted by Gasteiger charge is 2.13. The van der Waals surface area contributed by atoms with Gasteiger partial charge in [-0.1, -0.05) is 54.1 Å². The Bertz CT molecular complexity index is 852. The molecule has 5 heteroatoms. The smallest absolute Gasteiger partial charge is 0.255 e. The van der Waals surface area contributed by atoms with Crippen LogP contribution in [0.4, 0.5) is 11.5 Å². The number of pyridine rings is 1. The molecule has 0 aliphatic heterocycles. The van der Waals surface area contributed by atoms with E-state index in [-0.39, 0.29) is 5.91 Å². The van der Waals surface area contributed by atoms with Crippen molar-refractivity contribution >= 4 is 29.0 Å². The van der Waals surface area contributed by atoms with Crippen LogP contribution in [0.15, 0.2) is 72.9 Å². The summed E-state index contributed by atoms with van der Waals surface area (Å²) in [6.45, 7) is 0.559. The van der Waals surface area contributed by atoms with Crippen LogP contribution in [0, 0.1) is 0 Å². The number of carbonyl (C=O) groups is 1. The van der Waals surface area contributed by atoms with Crippen molar-refractivity contribution in [2.75, 3.05) is 11.9 Å². The Morgan fingerprint density at radius 2 is 1.72 bits per heavy atom. The minimum atomic E-state index is -0.168. The van der Waals surface area contributed by atoms with Crippen LogP contribution in [0.2, 0.25) is 5.02 Å². The molecule has 3 aromatic rings. The lowest BCUT2D eigenvalue weighted by molar-refractivity contribution is 0.0954. The second-order valence-corrected chi connectivity index (χ2v) is 5.90. The van der Waals surface area contributed by atoms with Crippen LogP contribution >= 0.6 is 11.6 Å². The van der Waals surface area contributed by atoms with Gasteiger partial charge in [-0.25, -0.2) is 4.98 Å². The van der Waals surface area contributed by atoms with Gasteiger partial charge in [-0.3, -0.25) is 4.79 Å². The summed E-state index contributed by atoms with van der Waals surface area (Å²) < 4.78 is 0. The van der Waals surface area contributed by atoms with Gasteiger partial charge in [0, 0.05) is 12.7 Å². The van der Waals surface area contributed by atoms with E-state index in [0.29, 0.717) is 28.6 Å². The van der Waals surface area contributed by atoms with Crippen LogP contribution in [-0.2, 0) is 6.42 Å². The summed E-state index contributed by atoms with van der Waals surface area (Å²) in [6, 6.07) is 20.9. The van der Waals surface area contributed by atoms with Crippen molar-refractivity contribution in [3.8, 4) is 0 Å². The number of amides is 1. The van der Waals surface area contributed by atoms with Gasteiger partial charge in [0.05, 0.1) is 16.3 Å². The lowest BCUT2D eigenvalue weighted by atomic mass is 10.1. The summed E-state index contributed by atoms with van der Waals surface area (Å²) in [5, 5.41) is 6.64. The molecule has 1 aromatic heterocycles. The molecule has 1 heterocycles. The summed E-state index contributed by atoms with van der Waals surface area (Å²) >= 11 is 6.17. The molecular weight excluding hydrogens is 334 g/mol. The number of benzene rings is 2. The van der Waals surface area contributed by atoms with Crippen molar-refractivity contribution < 1.29 is 4.79 Å². The zero-order valence-corrected chi connectivity index (χ0v) is 14.3. The minimum absolute atomic E-state index is 0.168. The van der Waals surface area contributed by atoms with E-state index in [1.165, 1.54) is 5.56 Å². The largest absolute Gasteiger partial charge is 0.352 e. The number of rotatable bonds is 6. The van der Waals surface area contributed by atoms with Crippen LogP contribution in [-0.4, -0.2) is 17.4 Å². The SMILES string of the molecule is O=C(NCCc1ccccc1)c1cccnc1Nc1ccccc1Cl. The Morgan fingerprint density at radius 1 is 0.960 bits per heavy atom. The van der Waals surface area contributed by atoms with Crippen molar-refractivity contribution in [1.29, 1.82) is 0 Å². The molecule has 25 heavy (non-hydrogen) atoms. The van der Waals surface area contributed by atoms with Crippen LogP contribution in [0.25, 0.3) is 0 Å². The number of halogens is 1. The maximum atomic E-state index is 12.5. The fourth-order valence-electron chi connectivity index (χ4n) is 2.44. The third-order valence-corrected chi connectivity index (χ3v) is 4.05. The molecule has 2 aromatic carbocycles. The molecule has 0 saturated heterocycles.